The zero-order valence-corrected chi connectivity index (χ0v) is 41.5. The zero-order valence-electron chi connectivity index (χ0n) is 37.5. The molecular weight excluding hydrogens is 762 g/mol. The van der Waals surface area contributed by atoms with Crippen LogP contribution in [0.25, 0.3) is 33.2 Å². The molecule has 0 spiro atoms. The van der Waals surface area contributed by atoms with Crippen molar-refractivity contribution in [1.82, 2.24) is 25.3 Å². The fourth-order valence-corrected chi connectivity index (χ4v) is 7.16. The molecule has 0 fully saturated rings. The maximum atomic E-state index is 13.6. The van der Waals surface area contributed by atoms with Crippen LogP contribution in [-0.2, 0) is 32.0 Å². The van der Waals surface area contributed by atoms with Crippen molar-refractivity contribution >= 4 is 63.0 Å². The molecule has 0 unspecified atom stereocenters. The van der Waals surface area contributed by atoms with Crippen molar-refractivity contribution in [3.8, 4) is 0 Å². The number of nitrogens with zero attached hydrogens (tertiary/aromatic N) is 2. The van der Waals surface area contributed by atoms with E-state index in [4.69, 9.17) is 9.97 Å². The third-order valence-electron chi connectivity index (χ3n) is 9.97. The van der Waals surface area contributed by atoms with Gasteiger partial charge in [-0.15, -0.1) is 0 Å². The number of aromatic carboxylic acids is 1. The topological polar surface area (TPSA) is 236 Å². The van der Waals surface area contributed by atoms with Crippen LogP contribution < -0.4 is 124 Å². The largest absolute Gasteiger partial charge is 1.00 e. The second-order valence-corrected chi connectivity index (χ2v) is 13.1. The van der Waals surface area contributed by atoms with E-state index in [0.29, 0.717) is 34.6 Å². The van der Waals surface area contributed by atoms with Crippen molar-refractivity contribution in [3.05, 3.63) is 81.4 Å². The molecule has 2 aliphatic rings. The van der Waals surface area contributed by atoms with Crippen LogP contribution >= 0.6 is 0 Å². The van der Waals surface area contributed by atoms with E-state index in [1.54, 1.807) is 25.1 Å². The Balaban J connectivity index is -0.00000196. The van der Waals surface area contributed by atoms with Gasteiger partial charge in [-0.05, 0) is 74.1 Å². The standard InChI is InChI=1S/C38H41N5O9.4Na.4H/c1-7-20-16(3)24-12-26-18(5)22(9-10-32(45)46)35(42-26)23(11-31(44)41-30(37(49)50)15-33(47)48)36-34(38(51)52)19(6)27(43-36)14-29-21(8-2)17(4)25(40-29)13-28(20)39-24;;;;;;;;/h7,12-14,18,22,30,40,43H,1,8-11,15H2,2-6H3,(H,41,44)(H,45,46)(H,47,48)(H,49,50)(H,51,52);;;;;;;;/q;4*+1;4*-1/t18-,22-,30-;;;;;;;;/m0......../s1. The number of fused-ring (bicyclic) bond motifs is 8. The summed E-state index contributed by atoms with van der Waals surface area (Å²) in [5.41, 5.74) is 8.00. The Kier molecular flexibility index (Phi) is 20.2. The molecule has 2 aliphatic heterocycles. The Morgan fingerprint density at radius 1 is 0.875 bits per heavy atom. The summed E-state index contributed by atoms with van der Waals surface area (Å²) in [6.45, 7) is 13.4. The molecule has 280 valence electrons. The van der Waals surface area contributed by atoms with E-state index in [9.17, 15) is 44.4 Å². The van der Waals surface area contributed by atoms with Crippen molar-refractivity contribution in [2.45, 2.75) is 84.6 Å². The van der Waals surface area contributed by atoms with E-state index in [2.05, 4.69) is 21.9 Å². The summed E-state index contributed by atoms with van der Waals surface area (Å²) in [5.74, 6) is -7.27. The molecule has 14 nitrogen and oxygen atoms in total. The van der Waals surface area contributed by atoms with Gasteiger partial charge in [0.1, 0.15) is 6.04 Å². The molecule has 56 heavy (non-hydrogen) atoms. The first kappa shape index (κ1) is 52.0. The smallest absolute Gasteiger partial charge is 1.00 e. The van der Waals surface area contributed by atoms with Crippen molar-refractivity contribution in [2.75, 3.05) is 0 Å². The SMILES string of the molecule is C=CC1=C(C)c2cc3nc(c(CC(=O)N[C@@H](CC(=O)O)C(=O)O)c4[nH]c(cc5[nH]c(cc1n2)c(C)c5CC)c(C)c4C(=O)O)[C@@H](CCC(=O)O)[C@@H]3C.[H-].[H-].[H-].[H-].[Na+].[Na+].[Na+].[Na+]. The summed E-state index contributed by atoms with van der Waals surface area (Å²) in [6.07, 6.45) is 0.734. The molecule has 7 N–H and O–H groups in total. The van der Waals surface area contributed by atoms with Crippen molar-refractivity contribution in [1.29, 1.82) is 0 Å². The van der Waals surface area contributed by atoms with Crippen molar-refractivity contribution in [3.63, 3.8) is 0 Å². The number of allylic oxidation sites excluding steroid dienone is 3. The van der Waals surface area contributed by atoms with E-state index in [0.717, 1.165) is 33.3 Å². The summed E-state index contributed by atoms with van der Waals surface area (Å²) >= 11 is 0. The first-order valence-electron chi connectivity index (χ1n) is 16.8. The van der Waals surface area contributed by atoms with Crippen molar-refractivity contribution < 1.29 is 168 Å². The van der Waals surface area contributed by atoms with Gasteiger partial charge in [0, 0.05) is 51.6 Å². The summed E-state index contributed by atoms with van der Waals surface area (Å²) < 4.78 is 0. The van der Waals surface area contributed by atoms with Gasteiger partial charge < -0.3 is 41.4 Å². The average molecular weight is 808 g/mol. The van der Waals surface area contributed by atoms with Gasteiger partial charge in [-0.25, -0.2) is 14.6 Å². The number of aromatic nitrogens is 4. The number of nitrogens with one attached hydrogen (secondary N) is 3. The summed E-state index contributed by atoms with van der Waals surface area (Å²) in [5, 5.41) is 41.4. The molecule has 0 radical (unpaired) electrons. The normalized spacial score (nSPS) is 14.9. The van der Waals surface area contributed by atoms with Crippen LogP contribution in [-0.4, -0.2) is 76.2 Å². The minimum Gasteiger partial charge on any atom is -1.00 e. The minimum atomic E-state index is -1.76. The number of hydrogen-bond acceptors (Lipinski definition) is 7. The molecule has 18 heteroatoms. The number of carbonyl (C=O) groups is 5. The first-order chi connectivity index (χ1) is 24.6. The second kappa shape index (κ2) is 21.8. The van der Waals surface area contributed by atoms with Gasteiger partial charge in [0.15, 0.2) is 0 Å². The van der Waals surface area contributed by atoms with Crippen LogP contribution in [0.2, 0.25) is 0 Å². The molecule has 0 saturated carbocycles. The molecule has 8 bridgehead atoms. The molecule has 0 aromatic carbocycles. The maximum absolute atomic E-state index is 13.6. The fourth-order valence-electron chi connectivity index (χ4n) is 7.16. The third-order valence-corrected chi connectivity index (χ3v) is 9.97. The van der Waals surface area contributed by atoms with Gasteiger partial charge in [-0.1, -0.05) is 26.5 Å². The van der Waals surface area contributed by atoms with E-state index < -0.39 is 60.5 Å². The Labute approximate surface area is 418 Å². The van der Waals surface area contributed by atoms with E-state index in [1.165, 1.54) is 0 Å². The van der Waals surface area contributed by atoms with Crippen molar-refractivity contribution in [2.24, 2.45) is 0 Å². The number of amides is 1. The minimum absolute atomic E-state index is 0. The molecule has 1 amide bonds. The average Bonchev–Trinajstić information content (AvgIpc) is 3.74. The van der Waals surface area contributed by atoms with E-state index in [1.807, 2.05) is 33.8 Å². The number of carboxylic acids is 4. The van der Waals surface area contributed by atoms with Gasteiger partial charge in [0.05, 0.1) is 41.0 Å². The Hall–Kier alpha value is -2.05. The third kappa shape index (κ3) is 11.0. The molecular formula is C38H45N5Na4O9. The molecule has 3 atom stereocenters. The number of hydrogen-bond donors (Lipinski definition) is 7. The van der Waals surface area contributed by atoms with Crippen LogP contribution in [0.15, 0.2) is 30.9 Å². The monoisotopic (exact) mass is 807 g/mol. The molecule has 5 rings (SSSR count). The molecule has 3 aromatic rings. The van der Waals surface area contributed by atoms with Crippen LogP contribution in [0.1, 0.15) is 113 Å². The Morgan fingerprint density at radius 3 is 2.07 bits per heavy atom. The van der Waals surface area contributed by atoms with E-state index in [-0.39, 0.29) is 159 Å². The molecule has 3 aromatic heterocycles. The predicted molar refractivity (Wildman–Crippen MR) is 197 cm³/mol. The second-order valence-electron chi connectivity index (χ2n) is 13.1. The summed E-state index contributed by atoms with van der Waals surface area (Å²) in [7, 11) is 0. The van der Waals surface area contributed by atoms with E-state index >= 15 is 0 Å². The predicted octanol–water partition coefficient (Wildman–Crippen LogP) is -5.89. The summed E-state index contributed by atoms with van der Waals surface area (Å²) in [4.78, 5) is 78.3. The molecule has 0 aliphatic carbocycles. The van der Waals surface area contributed by atoms with Crippen LogP contribution in [0.5, 0.6) is 0 Å². The summed E-state index contributed by atoms with van der Waals surface area (Å²) in [6, 6.07) is 3.77. The Bertz CT molecular complexity index is 2290. The number of aryl methyl sites for hydroxylation is 3. The number of aliphatic carboxylic acids is 3. The first-order valence-corrected chi connectivity index (χ1v) is 16.8. The number of H-pyrrole nitrogens is 2. The van der Waals surface area contributed by atoms with Crippen LogP contribution in [0.4, 0.5) is 0 Å². The maximum Gasteiger partial charge on any atom is 1.00 e. The number of carboxylic acid groups (broad SMARTS) is 4. The van der Waals surface area contributed by atoms with Gasteiger partial charge in [0.2, 0.25) is 5.91 Å². The number of rotatable bonds is 12. The van der Waals surface area contributed by atoms with Gasteiger partial charge in [-0.2, -0.15) is 0 Å². The fraction of sp³-hybridized carbons (Fsp3) is 0.342. The van der Waals surface area contributed by atoms with Gasteiger partial charge in [-0.3, -0.25) is 19.4 Å². The van der Waals surface area contributed by atoms with Gasteiger partial charge >= 0.3 is 142 Å². The zero-order chi connectivity index (χ0) is 38.2. The van der Waals surface area contributed by atoms with Crippen LogP contribution in [0, 0.1) is 13.8 Å². The molecule has 0 saturated heterocycles. The van der Waals surface area contributed by atoms with Crippen LogP contribution in [0.3, 0.4) is 0 Å². The number of carbonyl (C=O) groups excluding carboxylic acids is 1. The van der Waals surface area contributed by atoms with Gasteiger partial charge in [0.25, 0.3) is 0 Å². The quantitative estimate of drug-likeness (QED) is 0.0852. The Morgan fingerprint density at radius 2 is 1.52 bits per heavy atom. The number of aromatic amines is 2. The molecule has 5 heterocycles.